The van der Waals surface area contributed by atoms with Crippen molar-refractivity contribution in [1.82, 2.24) is 0 Å². The summed E-state index contributed by atoms with van der Waals surface area (Å²) in [6.07, 6.45) is 5.86. The first kappa shape index (κ1) is 13.6. The Morgan fingerprint density at radius 3 is 2.95 bits per heavy atom. The van der Waals surface area contributed by atoms with Crippen LogP contribution in [0.1, 0.15) is 50.7 Å². The lowest BCUT2D eigenvalue weighted by atomic mass is 9.75. The lowest BCUT2D eigenvalue weighted by molar-refractivity contribution is 0.254. The van der Waals surface area contributed by atoms with E-state index in [1.165, 1.54) is 31.4 Å². The Morgan fingerprint density at radius 1 is 1.30 bits per heavy atom. The Kier molecular flexibility index (Phi) is 3.79. The van der Waals surface area contributed by atoms with Crippen molar-refractivity contribution in [3.05, 3.63) is 35.8 Å². The van der Waals surface area contributed by atoms with Crippen LogP contribution < -0.4 is 5.73 Å². The van der Waals surface area contributed by atoms with Gasteiger partial charge in [0.1, 0.15) is 17.2 Å². The molecule has 3 unspecified atom stereocenters. The summed E-state index contributed by atoms with van der Waals surface area (Å²) in [5.74, 6) is 1.73. The quantitative estimate of drug-likeness (QED) is 0.890. The zero-order valence-corrected chi connectivity index (χ0v) is 11.9. The molecule has 0 aliphatic heterocycles. The fraction of sp³-hybridized carbons (Fsp3) is 0.529. The second-order valence-corrected chi connectivity index (χ2v) is 6.07. The summed E-state index contributed by atoms with van der Waals surface area (Å²) in [6, 6.07) is 6.80. The third-order valence-corrected chi connectivity index (χ3v) is 4.57. The van der Waals surface area contributed by atoms with Crippen molar-refractivity contribution in [2.75, 3.05) is 0 Å². The Hall–Kier alpha value is -1.35. The van der Waals surface area contributed by atoms with E-state index in [9.17, 15) is 4.39 Å². The molecule has 0 spiro atoms. The summed E-state index contributed by atoms with van der Waals surface area (Å²) in [4.78, 5) is 0. The minimum Gasteiger partial charge on any atom is -0.461 e. The number of rotatable bonds is 3. The fourth-order valence-electron chi connectivity index (χ4n) is 3.50. The lowest BCUT2D eigenvalue weighted by Crippen LogP contribution is -2.34. The van der Waals surface area contributed by atoms with Gasteiger partial charge >= 0.3 is 0 Å². The lowest BCUT2D eigenvalue weighted by Gasteiger charge is -2.32. The van der Waals surface area contributed by atoms with Gasteiger partial charge in [-0.05, 0) is 49.4 Å². The summed E-state index contributed by atoms with van der Waals surface area (Å²) in [5, 5.41) is 0.838. The van der Waals surface area contributed by atoms with E-state index in [2.05, 4.69) is 6.92 Å². The molecule has 1 saturated carbocycles. The third-order valence-electron chi connectivity index (χ3n) is 4.57. The first-order valence-corrected chi connectivity index (χ1v) is 7.62. The Labute approximate surface area is 119 Å². The van der Waals surface area contributed by atoms with Crippen molar-refractivity contribution in [2.45, 2.75) is 51.0 Å². The number of hydrogen-bond donors (Lipinski definition) is 1. The number of hydrogen-bond acceptors (Lipinski definition) is 2. The van der Waals surface area contributed by atoms with Crippen molar-refractivity contribution in [2.24, 2.45) is 11.7 Å². The molecular formula is C17H22FNO. The van der Waals surface area contributed by atoms with E-state index >= 15 is 0 Å². The second kappa shape index (κ2) is 5.57. The summed E-state index contributed by atoms with van der Waals surface area (Å²) < 4.78 is 19.2. The molecule has 1 heterocycles. The average Bonchev–Trinajstić information content (AvgIpc) is 2.84. The molecule has 0 amide bonds. The molecule has 2 N–H and O–H groups in total. The Balaban J connectivity index is 1.88. The summed E-state index contributed by atoms with van der Waals surface area (Å²) in [5.41, 5.74) is 7.04. The van der Waals surface area contributed by atoms with Crippen LogP contribution in [0.5, 0.6) is 0 Å². The molecule has 0 radical (unpaired) electrons. The predicted octanol–water partition coefficient (Wildman–Crippen LogP) is 4.58. The largest absolute Gasteiger partial charge is 0.461 e. The molecule has 20 heavy (non-hydrogen) atoms. The van der Waals surface area contributed by atoms with Gasteiger partial charge in [-0.25, -0.2) is 4.39 Å². The van der Waals surface area contributed by atoms with E-state index in [0.717, 1.165) is 35.5 Å². The van der Waals surface area contributed by atoms with Gasteiger partial charge in [0.15, 0.2) is 0 Å². The van der Waals surface area contributed by atoms with E-state index in [-0.39, 0.29) is 17.8 Å². The summed E-state index contributed by atoms with van der Waals surface area (Å²) >= 11 is 0. The molecule has 1 aliphatic rings. The SMILES string of the molecule is CCCC1CCC(N)C(c2cc3cc(F)ccc3o2)C1. The van der Waals surface area contributed by atoms with E-state index in [1.54, 1.807) is 6.07 Å². The number of halogens is 1. The summed E-state index contributed by atoms with van der Waals surface area (Å²) in [6.45, 7) is 2.23. The van der Waals surface area contributed by atoms with Gasteiger partial charge in [-0.3, -0.25) is 0 Å². The monoisotopic (exact) mass is 275 g/mol. The molecular weight excluding hydrogens is 253 g/mol. The number of nitrogens with two attached hydrogens (primary N) is 1. The highest BCUT2D eigenvalue weighted by molar-refractivity contribution is 5.78. The minimum atomic E-state index is -0.221. The van der Waals surface area contributed by atoms with E-state index in [1.807, 2.05) is 6.07 Å². The molecule has 108 valence electrons. The van der Waals surface area contributed by atoms with Gasteiger partial charge in [0.2, 0.25) is 0 Å². The highest BCUT2D eigenvalue weighted by atomic mass is 19.1. The zero-order valence-electron chi connectivity index (χ0n) is 11.9. The fourth-order valence-corrected chi connectivity index (χ4v) is 3.50. The summed E-state index contributed by atoms with van der Waals surface area (Å²) in [7, 11) is 0. The van der Waals surface area contributed by atoms with Gasteiger partial charge in [0.25, 0.3) is 0 Å². The molecule has 0 bridgehead atoms. The maximum Gasteiger partial charge on any atom is 0.134 e. The van der Waals surface area contributed by atoms with Crippen molar-refractivity contribution < 1.29 is 8.81 Å². The molecule has 2 aromatic rings. The van der Waals surface area contributed by atoms with Gasteiger partial charge in [-0.15, -0.1) is 0 Å². The van der Waals surface area contributed by atoms with Crippen molar-refractivity contribution in [1.29, 1.82) is 0 Å². The third kappa shape index (κ3) is 2.59. The molecule has 2 nitrogen and oxygen atoms in total. The first-order valence-electron chi connectivity index (χ1n) is 7.62. The molecule has 1 aromatic carbocycles. The van der Waals surface area contributed by atoms with Gasteiger partial charge in [0, 0.05) is 17.3 Å². The van der Waals surface area contributed by atoms with Crippen LogP contribution in [-0.2, 0) is 0 Å². The standard InChI is InChI=1S/C17H22FNO/c1-2-3-11-4-6-15(19)14(8-11)17-10-12-9-13(18)5-7-16(12)20-17/h5,7,9-11,14-15H,2-4,6,8,19H2,1H3. The maximum atomic E-state index is 13.3. The van der Waals surface area contributed by atoms with Crippen molar-refractivity contribution in [3.8, 4) is 0 Å². The van der Waals surface area contributed by atoms with Crippen LogP contribution in [0.3, 0.4) is 0 Å². The van der Waals surface area contributed by atoms with E-state index < -0.39 is 0 Å². The second-order valence-electron chi connectivity index (χ2n) is 6.07. The molecule has 0 saturated heterocycles. The van der Waals surface area contributed by atoms with Gasteiger partial charge < -0.3 is 10.2 Å². The van der Waals surface area contributed by atoms with Crippen LogP contribution in [0.2, 0.25) is 0 Å². The van der Waals surface area contributed by atoms with Gasteiger partial charge in [-0.2, -0.15) is 0 Å². The maximum absolute atomic E-state index is 13.3. The van der Waals surface area contributed by atoms with Crippen LogP contribution in [-0.4, -0.2) is 6.04 Å². The van der Waals surface area contributed by atoms with Gasteiger partial charge in [-0.1, -0.05) is 19.8 Å². The smallest absolute Gasteiger partial charge is 0.134 e. The molecule has 1 aromatic heterocycles. The number of benzene rings is 1. The van der Waals surface area contributed by atoms with Crippen LogP contribution in [0.15, 0.2) is 28.7 Å². The first-order chi connectivity index (χ1) is 9.67. The Bertz CT molecular complexity index is 592. The van der Waals surface area contributed by atoms with E-state index in [0.29, 0.717) is 0 Å². The molecule has 3 heteroatoms. The van der Waals surface area contributed by atoms with Gasteiger partial charge in [0.05, 0.1) is 0 Å². The highest BCUT2D eigenvalue weighted by Crippen LogP contribution is 2.39. The van der Waals surface area contributed by atoms with Crippen LogP contribution >= 0.6 is 0 Å². The topological polar surface area (TPSA) is 39.2 Å². The van der Waals surface area contributed by atoms with Crippen molar-refractivity contribution in [3.63, 3.8) is 0 Å². The zero-order chi connectivity index (χ0) is 14.1. The molecule has 3 atom stereocenters. The van der Waals surface area contributed by atoms with Crippen LogP contribution in [0.4, 0.5) is 4.39 Å². The number of furan rings is 1. The molecule has 1 fully saturated rings. The predicted molar refractivity (Wildman–Crippen MR) is 79.1 cm³/mol. The highest BCUT2D eigenvalue weighted by Gasteiger charge is 2.31. The number of fused-ring (bicyclic) bond motifs is 1. The van der Waals surface area contributed by atoms with E-state index in [4.69, 9.17) is 10.2 Å². The minimum absolute atomic E-state index is 0.161. The van der Waals surface area contributed by atoms with Crippen molar-refractivity contribution >= 4 is 11.0 Å². The molecule has 3 rings (SSSR count). The molecule has 1 aliphatic carbocycles. The Morgan fingerprint density at radius 2 is 2.15 bits per heavy atom. The normalized spacial score (nSPS) is 27.1. The van der Waals surface area contributed by atoms with Crippen LogP contribution in [0.25, 0.3) is 11.0 Å². The average molecular weight is 275 g/mol. The van der Waals surface area contributed by atoms with Crippen LogP contribution in [0, 0.1) is 11.7 Å².